The number of carbonyl (C=O) groups is 2. The summed E-state index contributed by atoms with van der Waals surface area (Å²) >= 11 is 5.62. The van der Waals surface area contributed by atoms with Gasteiger partial charge in [0.15, 0.2) is 0 Å². The van der Waals surface area contributed by atoms with E-state index >= 15 is 0 Å². The van der Waals surface area contributed by atoms with Crippen molar-refractivity contribution >= 4 is 29.2 Å². The second-order valence-corrected chi connectivity index (χ2v) is 5.78. The van der Waals surface area contributed by atoms with Gasteiger partial charge in [-0.1, -0.05) is 32.4 Å². The van der Waals surface area contributed by atoms with Gasteiger partial charge in [-0.2, -0.15) is 0 Å². The van der Waals surface area contributed by atoms with Gasteiger partial charge in [-0.15, -0.1) is 0 Å². The van der Waals surface area contributed by atoms with Crippen molar-refractivity contribution in [2.24, 2.45) is 5.41 Å². The molecule has 2 N–H and O–H groups in total. The molecule has 0 saturated carbocycles. The van der Waals surface area contributed by atoms with E-state index in [0.29, 0.717) is 0 Å². The highest BCUT2D eigenvalue weighted by molar-refractivity contribution is 6.29. The van der Waals surface area contributed by atoms with Crippen molar-refractivity contribution in [1.29, 1.82) is 0 Å². The largest absolute Gasteiger partial charge is 0.480 e. The molecule has 0 radical (unpaired) electrons. The van der Waals surface area contributed by atoms with E-state index in [0.717, 1.165) is 12.3 Å². The minimum atomic E-state index is -1.24. The summed E-state index contributed by atoms with van der Waals surface area (Å²) in [7, 11) is 0. The molecule has 0 fully saturated rings. The molecule has 0 aliphatic heterocycles. The molecule has 0 aromatic carbocycles. The Labute approximate surface area is 125 Å². The number of hydrogen-bond acceptors (Lipinski definition) is 5. The predicted octanol–water partition coefficient (Wildman–Crippen LogP) is 1.87. The van der Waals surface area contributed by atoms with E-state index in [4.69, 9.17) is 16.7 Å². The van der Waals surface area contributed by atoms with Crippen LogP contribution in [0, 0.1) is 15.5 Å². The molecule has 9 heteroatoms. The lowest BCUT2D eigenvalue weighted by Gasteiger charge is -2.27. The number of carboxylic acid groups (broad SMARTS) is 1. The quantitative estimate of drug-likeness (QED) is 0.497. The first-order valence-corrected chi connectivity index (χ1v) is 6.25. The average molecular weight is 316 g/mol. The Balaban J connectivity index is 3.17. The molecular weight excluding hydrogens is 302 g/mol. The third-order valence-electron chi connectivity index (χ3n) is 2.68. The highest BCUT2D eigenvalue weighted by Gasteiger charge is 2.34. The lowest BCUT2D eigenvalue weighted by Crippen LogP contribution is -2.49. The van der Waals surface area contributed by atoms with Crippen molar-refractivity contribution in [3.8, 4) is 0 Å². The van der Waals surface area contributed by atoms with E-state index in [2.05, 4.69) is 10.3 Å². The zero-order valence-corrected chi connectivity index (χ0v) is 12.3. The molecule has 114 valence electrons. The molecule has 0 saturated heterocycles. The van der Waals surface area contributed by atoms with Gasteiger partial charge in [0.1, 0.15) is 23.0 Å². The maximum Gasteiger partial charge on any atom is 0.326 e. The monoisotopic (exact) mass is 315 g/mol. The normalized spacial score (nSPS) is 12.6. The maximum absolute atomic E-state index is 12.1. The van der Waals surface area contributed by atoms with Gasteiger partial charge in [-0.3, -0.25) is 14.9 Å². The molecule has 1 rings (SSSR count). The summed E-state index contributed by atoms with van der Waals surface area (Å²) in [6.45, 7) is 4.88. The maximum atomic E-state index is 12.1. The van der Waals surface area contributed by atoms with Crippen LogP contribution in [-0.4, -0.2) is 32.9 Å². The van der Waals surface area contributed by atoms with E-state index < -0.39 is 33.9 Å². The molecule has 0 aliphatic rings. The van der Waals surface area contributed by atoms with Crippen molar-refractivity contribution in [2.75, 3.05) is 0 Å². The van der Waals surface area contributed by atoms with Crippen molar-refractivity contribution < 1.29 is 19.6 Å². The molecule has 1 aromatic rings. The Morgan fingerprint density at radius 1 is 1.48 bits per heavy atom. The molecule has 1 heterocycles. The Hall–Kier alpha value is -2.22. The molecule has 8 nitrogen and oxygen atoms in total. The molecular formula is C12H14ClN3O5. The van der Waals surface area contributed by atoms with Gasteiger partial charge in [0.2, 0.25) is 0 Å². The summed E-state index contributed by atoms with van der Waals surface area (Å²) < 4.78 is 0. The second kappa shape index (κ2) is 6.04. The summed E-state index contributed by atoms with van der Waals surface area (Å²) in [5, 5.41) is 22.2. The molecule has 1 aromatic heterocycles. The highest BCUT2D eigenvalue weighted by atomic mass is 35.5. The summed E-state index contributed by atoms with van der Waals surface area (Å²) in [5.41, 5.74) is -1.65. The fourth-order valence-electron chi connectivity index (χ4n) is 1.61. The fraction of sp³-hybridized carbons (Fsp3) is 0.417. The Kier molecular flexibility index (Phi) is 4.84. The van der Waals surface area contributed by atoms with Crippen molar-refractivity contribution in [1.82, 2.24) is 10.3 Å². The molecule has 0 spiro atoms. The average Bonchev–Trinajstić information content (AvgIpc) is 2.33. The van der Waals surface area contributed by atoms with Crippen LogP contribution in [0.1, 0.15) is 31.1 Å². The predicted molar refractivity (Wildman–Crippen MR) is 74.2 cm³/mol. The van der Waals surface area contributed by atoms with Crippen molar-refractivity contribution in [3.63, 3.8) is 0 Å². The molecule has 0 aliphatic carbocycles. The van der Waals surface area contributed by atoms with Crippen molar-refractivity contribution in [3.05, 3.63) is 33.1 Å². The van der Waals surface area contributed by atoms with Crippen LogP contribution in [0.4, 0.5) is 5.69 Å². The van der Waals surface area contributed by atoms with Gasteiger partial charge in [0.05, 0.1) is 4.92 Å². The smallest absolute Gasteiger partial charge is 0.326 e. The number of rotatable bonds is 4. The topological polar surface area (TPSA) is 122 Å². The van der Waals surface area contributed by atoms with Crippen LogP contribution in [0.25, 0.3) is 0 Å². The van der Waals surface area contributed by atoms with Crippen LogP contribution in [-0.2, 0) is 4.79 Å². The minimum Gasteiger partial charge on any atom is -0.480 e. The first-order valence-electron chi connectivity index (χ1n) is 5.87. The molecule has 21 heavy (non-hydrogen) atoms. The summed E-state index contributed by atoms with van der Waals surface area (Å²) in [5.74, 6) is -2.13. The number of carboxylic acids is 1. The van der Waals surface area contributed by atoms with Gasteiger partial charge in [-0.05, 0) is 11.5 Å². The van der Waals surface area contributed by atoms with Gasteiger partial charge in [0, 0.05) is 0 Å². The molecule has 0 bridgehead atoms. The number of nitrogens with zero attached hydrogens (tertiary/aromatic N) is 2. The van der Waals surface area contributed by atoms with Crippen LogP contribution in [0.3, 0.4) is 0 Å². The SMILES string of the molecule is CC(C)(C)[C@@H](NC(=O)c1cc(Cl)ncc1[N+](=O)[O-])C(=O)O. The summed E-state index contributed by atoms with van der Waals surface area (Å²) in [4.78, 5) is 37.0. The van der Waals surface area contributed by atoms with Crippen LogP contribution in [0.2, 0.25) is 5.15 Å². The molecule has 0 unspecified atom stereocenters. The Morgan fingerprint density at radius 2 is 2.05 bits per heavy atom. The standard InChI is InChI=1S/C12H14ClN3O5/c1-12(2,3)9(11(18)19)15-10(17)6-4-8(13)14-5-7(6)16(20)21/h4-5,9H,1-3H3,(H,15,17)(H,18,19)/t9-/m0/s1. The van der Waals surface area contributed by atoms with Crippen LogP contribution in [0.5, 0.6) is 0 Å². The van der Waals surface area contributed by atoms with Crippen LogP contribution >= 0.6 is 11.6 Å². The van der Waals surface area contributed by atoms with Gasteiger partial charge < -0.3 is 10.4 Å². The lowest BCUT2D eigenvalue weighted by molar-refractivity contribution is -0.385. The van der Waals surface area contributed by atoms with Crippen molar-refractivity contribution in [2.45, 2.75) is 26.8 Å². The first-order chi connectivity index (χ1) is 9.54. The fourth-order valence-corrected chi connectivity index (χ4v) is 1.77. The van der Waals surface area contributed by atoms with Crippen LogP contribution < -0.4 is 5.32 Å². The Bertz CT molecular complexity index is 597. The third-order valence-corrected chi connectivity index (χ3v) is 2.89. The van der Waals surface area contributed by atoms with E-state index in [1.807, 2.05) is 0 Å². The number of nitro groups is 1. The van der Waals surface area contributed by atoms with Crippen LogP contribution in [0.15, 0.2) is 12.3 Å². The number of aliphatic carboxylic acids is 1. The number of hydrogen-bond donors (Lipinski definition) is 2. The minimum absolute atomic E-state index is 0.103. The van der Waals surface area contributed by atoms with E-state index in [-0.39, 0.29) is 10.7 Å². The molecule has 1 atom stereocenters. The van der Waals surface area contributed by atoms with E-state index in [1.54, 1.807) is 20.8 Å². The van der Waals surface area contributed by atoms with Gasteiger partial charge >= 0.3 is 5.97 Å². The number of pyridine rings is 1. The zero-order valence-electron chi connectivity index (χ0n) is 11.6. The highest BCUT2D eigenvalue weighted by Crippen LogP contribution is 2.23. The number of aromatic nitrogens is 1. The number of nitrogens with one attached hydrogen (secondary N) is 1. The van der Waals surface area contributed by atoms with Gasteiger partial charge in [-0.25, -0.2) is 9.78 Å². The number of halogens is 1. The first kappa shape index (κ1) is 16.8. The van der Waals surface area contributed by atoms with Gasteiger partial charge in [0.25, 0.3) is 11.6 Å². The van der Waals surface area contributed by atoms with E-state index in [1.165, 1.54) is 0 Å². The lowest BCUT2D eigenvalue weighted by atomic mass is 9.86. The summed E-state index contributed by atoms with van der Waals surface area (Å²) in [6.07, 6.45) is 0.851. The zero-order chi connectivity index (χ0) is 16.4. The Morgan fingerprint density at radius 3 is 2.48 bits per heavy atom. The molecule has 1 amide bonds. The van der Waals surface area contributed by atoms with E-state index in [9.17, 15) is 19.7 Å². The summed E-state index contributed by atoms with van der Waals surface area (Å²) in [6, 6.07) is -0.187. The third kappa shape index (κ3) is 4.12. The number of amides is 1. The second-order valence-electron chi connectivity index (χ2n) is 5.39. The number of carbonyl (C=O) groups excluding carboxylic acids is 1.